The normalized spacial score (nSPS) is 14.2. The van der Waals surface area contributed by atoms with Gasteiger partial charge in [-0.3, -0.25) is 9.98 Å². The molecular weight excluding hydrogens is 703 g/mol. The second-order valence-corrected chi connectivity index (χ2v) is 11.6. The summed E-state index contributed by atoms with van der Waals surface area (Å²) in [6, 6.07) is 27.8. The quantitative estimate of drug-likeness (QED) is 0.182. The number of nitrogens with zero attached hydrogens (tertiary/aromatic N) is 6. The van der Waals surface area contributed by atoms with E-state index in [-0.39, 0.29) is 26.5 Å². The molecule has 0 bridgehead atoms. The molecule has 0 fully saturated rings. The van der Waals surface area contributed by atoms with Crippen molar-refractivity contribution in [3.05, 3.63) is 97.0 Å². The third-order valence-corrected chi connectivity index (χ3v) is 7.92. The van der Waals surface area contributed by atoms with Crippen molar-refractivity contribution in [2.24, 2.45) is 4.99 Å². The minimum absolute atomic E-state index is 0. The van der Waals surface area contributed by atoms with Gasteiger partial charge in [-0.2, -0.15) is 6.07 Å². The molecule has 42 heavy (non-hydrogen) atoms. The molecule has 6 aromatic rings. The van der Waals surface area contributed by atoms with Crippen molar-refractivity contribution < 1.29 is 25.8 Å². The zero-order valence-corrected chi connectivity index (χ0v) is 25.8. The Kier molecular flexibility index (Phi) is 6.32. The predicted molar refractivity (Wildman–Crippen MR) is 162 cm³/mol. The van der Waals surface area contributed by atoms with E-state index in [9.17, 15) is 0 Å². The van der Waals surface area contributed by atoms with E-state index in [1.807, 2.05) is 35.3 Å². The van der Waals surface area contributed by atoms with Crippen molar-refractivity contribution in [1.82, 2.24) is 19.1 Å². The minimum atomic E-state index is 0. The third-order valence-electron chi connectivity index (χ3n) is 7.92. The van der Waals surface area contributed by atoms with E-state index in [1.54, 1.807) is 0 Å². The summed E-state index contributed by atoms with van der Waals surface area (Å²) in [5.74, 6) is 3.84. The molecule has 0 saturated heterocycles. The van der Waals surface area contributed by atoms with E-state index >= 15 is 0 Å². The van der Waals surface area contributed by atoms with Crippen molar-refractivity contribution in [2.45, 2.75) is 32.6 Å². The molecule has 2 aliphatic heterocycles. The number of hydrogen-bond acceptors (Lipinski definition) is 5. The maximum Gasteiger partial charge on any atom is 2.00 e. The molecule has 0 atom stereocenters. The summed E-state index contributed by atoms with van der Waals surface area (Å²) in [5.41, 5.74) is 5.20. The van der Waals surface area contributed by atoms with Gasteiger partial charge in [-0.15, -0.1) is 23.6 Å². The van der Waals surface area contributed by atoms with Crippen LogP contribution >= 0.6 is 0 Å². The molecule has 3 aromatic carbocycles. The van der Waals surface area contributed by atoms with Crippen molar-refractivity contribution in [3.8, 4) is 28.7 Å². The Labute approximate surface area is 258 Å². The van der Waals surface area contributed by atoms with Gasteiger partial charge in [0.25, 0.3) is 0 Å². The molecule has 210 valence electrons. The second-order valence-electron chi connectivity index (χ2n) is 11.6. The first-order chi connectivity index (χ1) is 20.0. The minimum Gasteiger partial charge on any atom is -0.503 e. The molecule has 0 unspecified atom stereocenters. The number of fused-ring (bicyclic) bond motifs is 9. The fourth-order valence-corrected chi connectivity index (χ4v) is 5.90. The third kappa shape index (κ3) is 4.18. The molecule has 7 nitrogen and oxygen atoms in total. The number of hydrogen-bond donors (Lipinski definition) is 0. The van der Waals surface area contributed by atoms with Crippen LogP contribution in [0.5, 0.6) is 11.5 Å². The van der Waals surface area contributed by atoms with Crippen molar-refractivity contribution in [3.63, 3.8) is 0 Å². The van der Waals surface area contributed by atoms with Crippen LogP contribution < -0.4 is 9.64 Å². The van der Waals surface area contributed by atoms with E-state index in [2.05, 4.69) is 95.9 Å². The molecule has 3 aromatic heterocycles. The Hall–Kier alpha value is -4.22. The molecular formula is C34H28N6OPt. The molecule has 8 heteroatoms. The molecule has 0 radical (unpaired) electrons. The topological polar surface area (TPSA) is 60.5 Å². The van der Waals surface area contributed by atoms with Crippen LogP contribution in [0.1, 0.15) is 32.8 Å². The SMILES string of the molecule is CC(C)(C)c1ccnc(-n2c3[c-]c(Oc4[c-]c5c(cc4)N4CCCN=C4n4ccnc4-5)ccc3c3ccccc32)c1.[Pt+2]. The molecule has 0 amide bonds. The van der Waals surface area contributed by atoms with E-state index in [0.29, 0.717) is 11.5 Å². The van der Waals surface area contributed by atoms with Crippen molar-refractivity contribution >= 4 is 33.5 Å². The summed E-state index contributed by atoms with van der Waals surface area (Å²) < 4.78 is 10.6. The molecule has 0 spiro atoms. The largest absolute Gasteiger partial charge is 2.00 e. The van der Waals surface area contributed by atoms with Gasteiger partial charge in [0.2, 0.25) is 0 Å². The Bertz CT molecular complexity index is 2010. The van der Waals surface area contributed by atoms with Crippen LogP contribution in [0, 0.1) is 12.1 Å². The molecule has 0 N–H and O–H groups in total. The maximum atomic E-state index is 6.41. The first kappa shape index (κ1) is 26.7. The Morgan fingerprint density at radius 2 is 1.71 bits per heavy atom. The number of aromatic nitrogens is 4. The van der Waals surface area contributed by atoms with E-state index in [1.165, 1.54) is 5.56 Å². The maximum absolute atomic E-state index is 6.41. The first-order valence-corrected chi connectivity index (χ1v) is 14.0. The van der Waals surface area contributed by atoms with Crippen LogP contribution in [0.2, 0.25) is 0 Å². The second kappa shape index (κ2) is 9.95. The molecule has 0 saturated carbocycles. The fraction of sp³-hybridized carbons (Fsp3) is 0.206. The van der Waals surface area contributed by atoms with Gasteiger partial charge in [-0.05, 0) is 46.7 Å². The van der Waals surface area contributed by atoms with Gasteiger partial charge in [-0.25, -0.2) is 4.98 Å². The summed E-state index contributed by atoms with van der Waals surface area (Å²) in [5, 5.41) is 2.25. The van der Waals surface area contributed by atoms with Crippen LogP contribution in [0.3, 0.4) is 0 Å². The van der Waals surface area contributed by atoms with E-state index in [4.69, 9.17) is 14.7 Å². The summed E-state index contributed by atoms with van der Waals surface area (Å²) in [4.78, 5) is 16.4. The number of pyridine rings is 1. The first-order valence-electron chi connectivity index (χ1n) is 14.0. The van der Waals surface area contributed by atoms with Gasteiger partial charge in [0.05, 0.1) is 5.82 Å². The average Bonchev–Trinajstić information content (AvgIpc) is 3.60. The zero-order chi connectivity index (χ0) is 27.7. The summed E-state index contributed by atoms with van der Waals surface area (Å²) >= 11 is 0. The van der Waals surface area contributed by atoms with Crippen LogP contribution in [0.25, 0.3) is 39.0 Å². The van der Waals surface area contributed by atoms with E-state index < -0.39 is 0 Å². The van der Waals surface area contributed by atoms with Gasteiger partial charge in [-0.1, -0.05) is 62.2 Å². The van der Waals surface area contributed by atoms with Crippen LogP contribution in [0.4, 0.5) is 5.69 Å². The molecule has 0 aliphatic carbocycles. The number of para-hydroxylation sites is 1. The van der Waals surface area contributed by atoms with Crippen LogP contribution in [-0.4, -0.2) is 38.2 Å². The Balaban J connectivity index is 0.00000288. The molecule has 8 rings (SSSR count). The smallest absolute Gasteiger partial charge is 0.503 e. The number of imidazole rings is 1. The molecule has 2 aliphatic rings. The summed E-state index contributed by atoms with van der Waals surface area (Å²) in [6.07, 6.45) is 6.67. The molecule has 5 heterocycles. The van der Waals surface area contributed by atoms with Crippen molar-refractivity contribution in [1.29, 1.82) is 0 Å². The van der Waals surface area contributed by atoms with Gasteiger partial charge in [0.15, 0.2) is 5.96 Å². The van der Waals surface area contributed by atoms with Gasteiger partial charge < -0.3 is 18.8 Å². The number of anilines is 1. The summed E-state index contributed by atoms with van der Waals surface area (Å²) in [7, 11) is 0. The Morgan fingerprint density at radius 3 is 2.60 bits per heavy atom. The van der Waals surface area contributed by atoms with Crippen LogP contribution in [-0.2, 0) is 26.5 Å². The van der Waals surface area contributed by atoms with Crippen LogP contribution in [0.15, 0.2) is 84.2 Å². The Morgan fingerprint density at radius 1 is 0.881 bits per heavy atom. The monoisotopic (exact) mass is 731 g/mol. The van der Waals surface area contributed by atoms with Crippen molar-refractivity contribution in [2.75, 3.05) is 18.0 Å². The summed E-state index contributed by atoms with van der Waals surface area (Å²) in [6.45, 7) is 8.40. The number of aliphatic imine (C=N–C) groups is 1. The number of ether oxygens (including phenoxy) is 1. The average molecular weight is 732 g/mol. The zero-order valence-electron chi connectivity index (χ0n) is 23.5. The predicted octanol–water partition coefficient (Wildman–Crippen LogP) is 7.16. The number of benzene rings is 3. The standard InChI is InChI=1S/C34H28N6O.Pt/c1-34(2,3)22-13-15-35-31(19-22)40-29-8-5-4-7-25(29)26-11-9-24(21-30(26)40)41-23-10-12-28-27(20-23)32-36-16-18-39(32)33-37-14-6-17-38(28)33;/h4-5,7-13,15-16,18-19H,6,14,17H2,1-3H3;/q-2;+2. The van der Waals surface area contributed by atoms with E-state index in [0.717, 1.165) is 70.2 Å². The van der Waals surface area contributed by atoms with Gasteiger partial charge >= 0.3 is 21.1 Å². The fourth-order valence-electron chi connectivity index (χ4n) is 5.90. The van der Waals surface area contributed by atoms with Gasteiger partial charge in [0, 0.05) is 48.7 Å². The van der Waals surface area contributed by atoms with Gasteiger partial charge in [0.1, 0.15) is 5.82 Å². The number of rotatable bonds is 3.